The lowest BCUT2D eigenvalue weighted by molar-refractivity contribution is -0.384. The molecular formula is C19H22N6O3. The number of fused-ring (bicyclic) bond motifs is 1. The minimum absolute atomic E-state index is 0.0399. The van der Waals surface area contributed by atoms with Crippen molar-refractivity contribution < 1.29 is 9.72 Å². The highest BCUT2D eigenvalue weighted by molar-refractivity contribution is 5.92. The first-order valence-corrected chi connectivity index (χ1v) is 9.45. The summed E-state index contributed by atoms with van der Waals surface area (Å²) in [6, 6.07) is 8.12. The Morgan fingerprint density at radius 2 is 1.96 bits per heavy atom. The van der Waals surface area contributed by atoms with E-state index in [1.54, 1.807) is 12.1 Å². The fourth-order valence-electron chi connectivity index (χ4n) is 3.71. The lowest BCUT2D eigenvalue weighted by atomic mass is 10.2. The van der Waals surface area contributed by atoms with Crippen LogP contribution in [0.3, 0.4) is 0 Å². The minimum atomic E-state index is -0.475. The van der Waals surface area contributed by atoms with Crippen LogP contribution in [0.4, 0.5) is 17.2 Å². The van der Waals surface area contributed by atoms with Crippen LogP contribution in [0.2, 0.25) is 0 Å². The number of hydrogen-bond acceptors (Lipinski definition) is 7. The molecule has 28 heavy (non-hydrogen) atoms. The number of rotatable bonds is 5. The monoisotopic (exact) mass is 382 g/mol. The molecule has 0 spiro atoms. The topological polar surface area (TPSA) is 104 Å². The lowest BCUT2D eigenvalue weighted by Crippen LogP contribution is -2.49. The molecule has 0 atom stereocenters. The van der Waals surface area contributed by atoms with Crippen molar-refractivity contribution in [2.45, 2.75) is 19.3 Å². The second-order valence-electron chi connectivity index (χ2n) is 7.15. The van der Waals surface area contributed by atoms with E-state index >= 15 is 0 Å². The Kier molecular flexibility index (Phi) is 5.16. The van der Waals surface area contributed by atoms with Crippen molar-refractivity contribution in [3.8, 4) is 0 Å². The lowest BCUT2D eigenvalue weighted by Gasteiger charge is -2.34. The summed E-state index contributed by atoms with van der Waals surface area (Å²) in [5.41, 5.74) is 2.83. The SMILES string of the molecule is O=C(CN1CCN(c2cc3c(nn2)CCC3)CC1)Nc1cccc([N+](=O)[O-])c1. The number of nitrogens with one attached hydrogen (secondary N) is 1. The highest BCUT2D eigenvalue weighted by Crippen LogP contribution is 2.23. The van der Waals surface area contributed by atoms with Gasteiger partial charge in [-0.25, -0.2) is 0 Å². The number of carbonyl (C=O) groups is 1. The van der Waals surface area contributed by atoms with E-state index in [0.717, 1.165) is 57.0 Å². The van der Waals surface area contributed by atoms with E-state index in [1.165, 1.54) is 17.7 Å². The number of nitro groups is 1. The van der Waals surface area contributed by atoms with Crippen LogP contribution in [0, 0.1) is 10.1 Å². The number of nitro benzene ring substituents is 1. The molecule has 2 heterocycles. The zero-order chi connectivity index (χ0) is 19.5. The van der Waals surface area contributed by atoms with Gasteiger partial charge in [-0.3, -0.25) is 19.8 Å². The van der Waals surface area contributed by atoms with Gasteiger partial charge in [0.2, 0.25) is 5.91 Å². The van der Waals surface area contributed by atoms with Crippen LogP contribution >= 0.6 is 0 Å². The maximum Gasteiger partial charge on any atom is 0.271 e. The number of carbonyl (C=O) groups excluding carboxylic acids is 1. The summed E-state index contributed by atoms with van der Waals surface area (Å²) in [7, 11) is 0. The average molecular weight is 382 g/mol. The molecule has 2 aromatic rings. The van der Waals surface area contributed by atoms with Gasteiger partial charge < -0.3 is 10.2 Å². The molecule has 4 rings (SSSR count). The predicted molar refractivity (Wildman–Crippen MR) is 104 cm³/mol. The van der Waals surface area contributed by atoms with Crippen LogP contribution < -0.4 is 10.2 Å². The van der Waals surface area contributed by atoms with Gasteiger partial charge >= 0.3 is 0 Å². The molecule has 1 N–H and O–H groups in total. The predicted octanol–water partition coefficient (Wildman–Crippen LogP) is 1.63. The van der Waals surface area contributed by atoms with Crippen LogP contribution in [-0.2, 0) is 17.6 Å². The third-order valence-electron chi connectivity index (χ3n) is 5.21. The van der Waals surface area contributed by atoms with E-state index in [-0.39, 0.29) is 18.1 Å². The number of benzene rings is 1. The van der Waals surface area contributed by atoms with Crippen molar-refractivity contribution in [1.29, 1.82) is 0 Å². The Hall–Kier alpha value is -3.07. The number of piperazine rings is 1. The third kappa shape index (κ3) is 4.09. The Morgan fingerprint density at radius 3 is 2.75 bits per heavy atom. The molecule has 9 heteroatoms. The highest BCUT2D eigenvalue weighted by atomic mass is 16.6. The van der Waals surface area contributed by atoms with Gasteiger partial charge in [-0.15, -0.1) is 5.10 Å². The van der Waals surface area contributed by atoms with Crippen LogP contribution in [0.5, 0.6) is 0 Å². The van der Waals surface area contributed by atoms with Crippen molar-refractivity contribution in [1.82, 2.24) is 15.1 Å². The molecule has 0 radical (unpaired) electrons. The van der Waals surface area contributed by atoms with Gasteiger partial charge in [-0.2, -0.15) is 5.10 Å². The fraction of sp³-hybridized carbons (Fsp3) is 0.421. The van der Waals surface area contributed by atoms with Crippen LogP contribution in [0.15, 0.2) is 30.3 Å². The summed E-state index contributed by atoms with van der Waals surface area (Å²) in [5, 5.41) is 22.3. The number of amides is 1. The minimum Gasteiger partial charge on any atom is -0.353 e. The summed E-state index contributed by atoms with van der Waals surface area (Å²) in [6.45, 7) is 3.34. The Balaban J connectivity index is 1.29. The number of aromatic nitrogens is 2. The first-order chi connectivity index (χ1) is 13.6. The maximum absolute atomic E-state index is 12.3. The summed E-state index contributed by atoms with van der Waals surface area (Å²) < 4.78 is 0. The second kappa shape index (κ2) is 7.89. The summed E-state index contributed by atoms with van der Waals surface area (Å²) >= 11 is 0. The number of hydrogen-bond donors (Lipinski definition) is 1. The first kappa shape index (κ1) is 18.3. The van der Waals surface area contributed by atoms with Gasteiger partial charge in [-0.05, 0) is 37.0 Å². The standard InChI is InChI=1S/C19H22N6O3/c26-19(20-15-4-2-5-16(12-15)25(27)28)13-23-7-9-24(10-8-23)18-11-14-3-1-6-17(14)21-22-18/h2,4-5,11-12H,1,3,6-10,13H2,(H,20,26). The fourth-order valence-corrected chi connectivity index (χ4v) is 3.71. The second-order valence-corrected chi connectivity index (χ2v) is 7.15. The van der Waals surface area contributed by atoms with Crippen LogP contribution in [-0.4, -0.2) is 58.7 Å². The van der Waals surface area contributed by atoms with Crippen LogP contribution in [0.25, 0.3) is 0 Å². The van der Waals surface area contributed by atoms with Gasteiger partial charge in [0.15, 0.2) is 5.82 Å². The van der Waals surface area contributed by atoms with E-state index in [0.29, 0.717) is 5.69 Å². The van der Waals surface area contributed by atoms with Crippen molar-refractivity contribution in [3.05, 3.63) is 51.7 Å². The number of non-ortho nitro benzene ring substituents is 1. The van der Waals surface area contributed by atoms with Gasteiger partial charge in [0.25, 0.3) is 5.69 Å². The molecule has 1 aromatic carbocycles. The number of anilines is 2. The first-order valence-electron chi connectivity index (χ1n) is 9.45. The van der Waals surface area contributed by atoms with Gasteiger partial charge in [0.1, 0.15) is 0 Å². The molecule has 2 aliphatic rings. The Labute approximate surface area is 162 Å². The van der Waals surface area contributed by atoms with Crippen molar-refractivity contribution in [2.24, 2.45) is 0 Å². The largest absolute Gasteiger partial charge is 0.353 e. The van der Waals surface area contributed by atoms with Gasteiger partial charge in [-0.1, -0.05) is 6.07 Å². The van der Waals surface area contributed by atoms with Crippen molar-refractivity contribution in [2.75, 3.05) is 42.9 Å². The summed E-state index contributed by atoms with van der Waals surface area (Å²) in [4.78, 5) is 26.9. The molecule has 1 saturated heterocycles. The van der Waals surface area contributed by atoms with E-state index in [9.17, 15) is 14.9 Å². The smallest absolute Gasteiger partial charge is 0.271 e. The molecule has 9 nitrogen and oxygen atoms in total. The molecule has 0 saturated carbocycles. The van der Waals surface area contributed by atoms with Gasteiger partial charge in [0, 0.05) is 44.0 Å². The van der Waals surface area contributed by atoms with Crippen LogP contribution in [0.1, 0.15) is 17.7 Å². The number of aryl methyl sites for hydroxylation is 2. The zero-order valence-electron chi connectivity index (χ0n) is 15.5. The average Bonchev–Trinajstić information content (AvgIpc) is 3.16. The third-order valence-corrected chi connectivity index (χ3v) is 5.21. The molecular weight excluding hydrogens is 360 g/mol. The molecule has 1 aromatic heterocycles. The summed E-state index contributed by atoms with van der Waals surface area (Å²) in [6.07, 6.45) is 3.26. The molecule has 1 aliphatic heterocycles. The van der Waals surface area contributed by atoms with E-state index in [4.69, 9.17) is 0 Å². The van der Waals surface area contributed by atoms with E-state index in [2.05, 4.69) is 31.4 Å². The molecule has 146 valence electrons. The zero-order valence-corrected chi connectivity index (χ0v) is 15.5. The van der Waals surface area contributed by atoms with E-state index in [1.807, 2.05) is 0 Å². The quantitative estimate of drug-likeness (QED) is 0.619. The Bertz CT molecular complexity index is 895. The molecule has 1 fully saturated rings. The molecule has 0 unspecified atom stereocenters. The van der Waals surface area contributed by atoms with E-state index < -0.39 is 4.92 Å². The maximum atomic E-state index is 12.3. The summed E-state index contributed by atoms with van der Waals surface area (Å²) in [5.74, 6) is 0.743. The number of nitrogens with zero attached hydrogens (tertiary/aromatic N) is 5. The molecule has 1 aliphatic carbocycles. The van der Waals surface area contributed by atoms with Crippen molar-refractivity contribution >= 4 is 23.1 Å². The Morgan fingerprint density at radius 1 is 1.14 bits per heavy atom. The molecule has 1 amide bonds. The normalized spacial score (nSPS) is 16.6. The molecule has 0 bridgehead atoms. The van der Waals surface area contributed by atoms with Crippen molar-refractivity contribution in [3.63, 3.8) is 0 Å². The van der Waals surface area contributed by atoms with Gasteiger partial charge in [0.05, 0.1) is 17.2 Å². The highest BCUT2D eigenvalue weighted by Gasteiger charge is 2.22.